The molecule has 0 saturated carbocycles. The first-order valence-electron chi connectivity index (χ1n) is 8.29. The Kier molecular flexibility index (Phi) is 5.64. The summed E-state index contributed by atoms with van der Waals surface area (Å²) in [5.41, 5.74) is 1.29. The van der Waals surface area contributed by atoms with E-state index < -0.39 is 0 Å². The molecule has 2 aliphatic rings. The van der Waals surface area contributed by atoms with Crippen molar-refractivity contribution in [2.75, 3.05) is 39.3 Å². The summed E-state index contributed by atoms with van der Waals surface area (Å²) in [7, 11) is 0. The van der Waals surface area contributed by atoms with E-state index in [1.165, 1.54) is 31.5 Å². The SMILES string of the molecule is CC1CNCCN1C(CN1CCCC1)c1ccc(Cl)c(Cl)c1. The molecule has 3 nitrogen and oxygen atoms in total. The van der Waals surface area contributed by atoms with Crippen LogP contribution >= 0.6 is 23.2 Å². The highest BCUT2D eigenvalue weighted by molar-refractivity contribution is 6.42. The third-order valence-electron chi connectivity index (χ3n) is 4.91. The number of hydrogen-bond acceptors (Lipinski definition) is 3. The Morgan fingerprint density at radius 1 is 1.18 bits per heavy atom. The second kappa shape index (κ2) is 7.50. The molecule has 1 aromatic carbocycles. The Morgan fingerprint density at radius 2 is 1.95 bits per heavy atom. The fourth-order valence-electron chi connectivity index (χ4n) is 3.65. The molecule has 1 aromatic rings. The zero-order valence-electron chi connectivity index (χ0n) is 13.2. The van der Waals surface area contributed by atoms with Crippen LogP contribution in [0.25, 0.3) is 0 Å². The van der Waals surface area contributed by atoms with Crippen LogP contribution in [0, 0.1) is 0 Å². The maximum absolute atomic E-state index is 6.27. The van der Waals surface area contributed by atoms with E-state index in [0.29, 0.717) is 22.1 Å². The minimum atomic E-state index is 0.393. The van der Waals surface area contributed by atoms with Gasteiger partial charge in [0, 0.05) is 38.3 Å². The molecule has 2 heterocycles. The molecule has 3 rings (SSSR count). The summed E-state index contributed by atoms with van der Waals surface area (Å²) < 4.78 is 0. The van der Waals surface area contributed by atoms with Gasteiger partial charge in [-0.25, -0.2) is 0 Å². The molecule has 0 aliphatic carbocycles. The highest BCUT2D eigenvalue weighted by Gasteiger charge is 2.29. The summed E-state index contributed by atoms with van der Waals surface area (Å²) in [6, 6.07) is 7.06. The van der Waals surface area contributed by atoms with Gasteiger partial charge in [0.25, 0.3) is 0 Å². The average molecular weight is 342 g/mol. The maximum Gasteiger partial charge on any atom is 0.0595 e. The molecule has 2 atom stereocenters. The number of piperazine rings is 1. The number of hydrogen-bond donors (Lipinski definition) is 1. The van der Waals surface area contributed by atoms with E-state index in [9.17, 15) is 0 Å². The molecule has 0 aromatic heterocycles. The second-order valence-corrected chi connectivity index (χ2v) is 7.30. The summed E-state index contributed by atoms with van der Waals surface area (Å²) in [5.74, 6) is 0. The molecule has 1 N–H and O–H groups in total. The minimum absolute atomic E-state index is 0.393. The molecule has 0 bridgehead atoms. The fraction of sp³-hybridized carbons (Fsp3) is 0.647. The van der Waals surface area contributed by atoms with Crippen LogP contribution in [-0.4, -0.2) is 55.1 Å². The normalized spacial score (nSPS) is 25.5. The monoisotopic (exact) mass is 341 g/mol. The molecule has 0 spiro atoms. The van der Waals surface area contributed by atoms with Crippen LogP contribution in [0.5, 0.6) is 0 Å². The number of nitrogens with one attached hydrogen (secondary N) is 1. The van der Waals surface area contributed by atoms with Crippen molar-refractivity contribution in [3.63, 3.8) is 0 Å². The van der Waals surface area contributed by atoms with Gasteiger partial charge in [-0.05, 0) is 50.6 Å². The van der Waals surface area contributed by atoms with Gasteiger partial charge in [-0.1, -0.05) is 29.3 Å². The van der Waals surface area contributed by atoms with E-state index in [-0.39, 0.29) is 0 Å². The summed E-state index contributed by atoms with van der Waals surface area (Å²) >= 11 is 12.4. The van der Waals surface area contributed by atoms with Crippen molar-refractivity contribution < 1.29 is 0 Å². The van der Waals surface area contributed by atoms with E-state index in [2.05, 4.69) is 34.2 Å². The van der Waals surface area contributed by atoms with E-state index in [1.807, 2.05) is 6.07 Å². The van der Waals surface area contributed by atoms with Crippen LogP contribution in [0.1, 0.15) is 31.4 Å². The standard InChI is InChI=1S/C17H25Cl2N3/c1-13-11-20-6-9-22(13)17(12-21-7-2-3-8-21)14-4-5-15(18)16(19)10-14/h4-5,10,13,17,20H,2-3,6-9,11-12H2,1H3. The summed E-state index contributed by atoms with van der Waals surface area (Å²) in [6.45, 7) is 9.03. The Hall–Kier alpha value is -0.320. The van der Waals surface area contributed by atoms with Crippen LogP contribution < -0.4 is 5.32 Å². The average Bonchev–Trinajstić information content (AvgIpc) is 3.02. The van der Waals surface area contributed by atoms with Crippen LogP contribution in [0.15, 0.2) is 18.2 Å². The predicted molar refractivity (Wildman–Crippen MR) is 93.9 cm³/mol. The van der Waals surface area contributed by atoms with Crippen molar-refractivity contribution in [2.45, 2.75) is 31.8 Å². The minimum Gasteiger partial charge on any atom is -0.314 e. The lowest BCUT2D eigenvalue weighted by Crippen LogP contribution is -2.52. The Morgan fingerprint density at radius 3 is 2.64 bits per heavy atom. The predicted octanol–water partition coefficient (Wildman–Crippen LogP) is 3.42. The lowest BCUT2D eigenvalue weighted by Gasteiger charge is -2.41. The molecule has 2 saturated heterocycles. The highest BCUT2D eigenvalue weighted by Crippen LogP contribution is 2.31. The van der Waals surface area contributed by atoms with Gasteiger partial charge >= 0.3 is 0 Å². The lowest BCUT2D eigenvalue weighted by atomic mass is 10.0. The van der Waals surface area contributed by atoms with Gasteiger partial charge in [0.05, 0.1) is 10.0 Å². The van der Waals surface area contributed by atoms with Gasteiger partial charge < -0.3 is 10.2 Å². The summed E-state index contributed by atoms with van der Waals surface area (Å²) in [6.07, 6.45) is 2.65. The van der Waals surface area contributed by atoms with Crippen LogP contribution in [-0.2, 0) is 0 Å². The topological polar surface area (TPSA) is 18.5 Å². The second-order valence-electron chi connectivity index (χ2n) is 6.49. The van der Waals surface area contributed by atoms with Gasteiger partial charge in [-0.3, -0.25) is 4.90 Å². The van der Waals surface area contributed by atoms with E-state index >= 15 is 0 Å². The zero-order chi connectivity index (χ0) is 15.5. The largest absolute Gasteiger partial charge is 0.314 e. The summed E-state index contributed by atoms with van der Waals surface area (Å²) in [5, 5.41) is 4.78. The molecular formula is C17H25Cl2N3. The first kappa shape index (κ1) is 16.5. The van der Waals surface area contributed by atoms with Crippen molar-refractivity contribution in [3.05, 3.63) is 33.8 Å². The van der Waals surface area contributed by atoms with Gasteiger partial charge in [-0.2, -0.15) is 0 Å². The van der Waals surface area contributed by atoms with Crippen molar-refractivity contribution >= 4 is 23.2 Å². The maximum atomic E-state index is 6.27. The molecule has 2 aliphatic heterocycles. The lowest BCUT2D eigenvalue weighted by molar-refractivity contribution is 0.0908. The molecule has 22 heavy (non-hydrogen) atoms. The van der Waals surface area contributed by atoms with Gasteiger partial charge in [0.2, 0.25) is 0 Å². The van der Waals surface area contributed by atoms with Gasteiger partial charge in [-0.15, -0.1) is 0 Å². The quantitative estimate of drug-likeness (QED) is 0.905. The summed E-state index contributed by atoms with van der Waals surface area (Å²) in [4.78, 5) is 5.20. The van der Waals surface area contributed by atoms with E-state index in [1.54, 1.807) is 0 Å². The molecule has 2 unspecified atom stereocenters. The number of halogens is 2. The first-order valence-corrected chi connectivity index (χ1v) is 9.04. The molecule has 122 valence electrons. The third kappa shape index (κ3) is 3.77. The number of rotatable bonds is 4. The van der Waals surface area contributed by atoms with Gasteiger partial charge in [0.15, 0.2) is 0 Å². The number of nitrogens with zero attached hydrogens (tertiary/aromatic N) is 2. The van der Waals surface area contributed by atoms with Crippen molar-refractivity contribution in [1.82, 2.24) is 15.1 Å². The van der Waals surface area contributed by atoms with Crippen LogP contribution in [0.2, 0.25) is 10.0 Å². The number of likely N-dealkylation sites (tertiary alicyclic amines) is 1. The van der Waals surface area contributed by atoms with E-state index in [0.717, 1.165) is 26.2 Å². The molecular weight excluding hydrogens is 317 g/mol. The zero-order valence-corrected chi connectivity index (χ0v) is 14.7. The molecule has 0 radical (unpaired) electrons. The molecule has 0 amide bonds. The first-order chi connectivity index (χ1) is 10.6. The van der Waals surface area contributed by atoms with Crippen LogP contribution in [0.3, 0.4) is 0 Å². The molecule has 2 fully saturated rings. The van der Waals surface area contributed by atoms with Crippen molar-refractivity contribution in [2.24, 2.45) is 0 Å². The van der Waals surface area contributed by atoms with Crippen molar-refractivity contribution in [3.8, 4) is 0 Å². The molecule has 5 heteroatoms. The highest BCUT2D eigenvalue weighted by atomic mass is 35.5. The number of benzene rings is 1. The van der Waals surface area contributed by atoms with E-state index in [4.69, 9.17) is 23.2 Å². The van der Waals surface area contributed by atoms with Crippen molar-refractivity contribution in [1.29, 1.82) is 0 Å². The Balaban J connectivity index is 1.84. The fourth-order valence-corrected chi connectivity index (χ4v) is 3.96. The smallest absolute Gasteiger partial charge is 0.0595 e. The third-order valence-corrected chi connectivity index (χ3v) is 5.65. The van der Waals surface area contributed by atoms with Crippen LogP contribution in [0.4, 0.5) is 0 Å². The Labute approximate surface area is 143 Å². The Bertz CT molecular complexity index is 503. The van der Waals surface area contributed by atoms with Gasteiger partial charge in [0.1, 0.15) is 0 Å².